The maximum atomic E-state index is 12.1. The highest BCUT2D eigenvalue weighted by Gasteiger charge is 2.16. The molecular weight excluding hydrogens is 329 g/mol. The molecule has 0 saturated heterocycles. The van der Waals surface area contributed by atoms with Gasteiger partial charge < -0.3 is 0 Å². The fourth-order valence-electron chi connectivity index (χ4n) is 0.762. The number of hydrogen-bond acceptors (Lipinski definition) is 3. The molecule has 0 aliphatic rings. The molecule has 8 heteroatoms. The molecule has 4 nitrogen and oxygen atoms in total. The summed E-state index contributed by atoms with van der Waals surface area (Å²) >= 11 is 1.61. The van der Waals surface area contributed by atoms with E-state index >= 15 is 0 Å². The van der Waals surface area contributed by atoms with Gasteiger partial charge in [-0.1, -0.05) is 0 Å². The largest absolute Gasteiger partial charge is 0.280 e. The molecule has 0 saturated carbocycles. The van der Waals surface area contributed by atoms with E-state index in [9.17, 15) is 17.2 Å². The molecule has 1 heterocycles. The molecule has 0 aliphatic heterocycles. The van der Waals surface area contributed by atoms with Crippen LogP contribution in [0.25, 0.3) is 0 Å². The molecule has 0 radical (unpaired) electrons. The fourth-order valence-corrected chi connectivity index (χ4v) is 2.67. The first-order chi connectivity index (χ1) is 6.32. The first-order valence-corrected chi connectivity index (χ1v) is 5.91. The zero-order valence-corrected chi connectivity index (χ0v) is 9.59. The van der Waals surface area contributed by atoms with Crippen molar-refractivity contribution in [2.75, 3.05) is 0 Å². The monoisotopic (exact) mass is 334 g/mol. The molecule has 0 spiro atoms. The van der Waals surface area contributed by atoms with Crippen LogP contribution in [0, 0.1) is 3.57 Å². The molecule has 1 rings (SSSR count). The maximum Gasteiger partial charge on any atom is 0.280 e. The summed E-state index contributed by atoms with van der Waals surface area (Å²) in [4.78, 5) is 3.04. The number of primary sulfonamides is 1. The summed E-state index contributed by atoms with van der Waals surface area (Å²) in [6.45, 7) is 0. The molecule has 0 unspecified atom stereocenters. The average molecular weight is 334 g/mol. The molecule has 1 aromatic rings. The van der Waals surface area contributed by atoms with E-state index in [1.54, 1.807) is 22.6 Å². The summed E-state index contributed by atoms with van der Waals surface area (Å²) in [5.74, 6) is 0. The number of hydrogen-bond donors (Lipinski definition) is 1. The Bertz CT molecular complexity index is 449. The van der Waals surface area contributed by atoms with Crippen molar-refractivity contribution in [3.05, 3.63) is 21.5 Å². The van der Waals surface area contributed by atoms with Crippen molar-refractivity contribution in [3.8, 4) is 0 Å². The van der Waals surface area contributed by atoms with Crippen LogP contribution < -0.4 is 5.14 Å². The van der Waals surface area contributed by atoms with Gasteiger partial charge in [0.25, 0.3) is 6.43 Å². The summed E-state index contributed by atoms with van der Waals surface area (Å²) in [6.07, 6.45) is -1.89. The predicted molar refractivity (Wildman–Crippen MR) is 53.3 cm³/mol. The maximum absolute atomic E-state index is 12.1. The summed E-state index contributed by atoms with van der Waals surface area (Å²) < 4.78 is 46.2. The standard InChI is InChI=1S/C6H5F2IN2O2S/c7-6(8)4-1-3(9)5(2-11-4)14(10,12)13/h1-2,6H,(H2,10,12,13). The minimum absolute atomic E-state index is 0.135. The second kappa shape index (κ2) is 4.03. The smallest absolute Gasteiger partial charge is 0.254 e. The van der Waals surface area contributed by atoms with Crippen molar-refractivity contribution in [1.29, 1.82) is 0 Å². The van der Waals surface area contributed by atoms with Gasteiger partial charge in [-0.05, 0) is 28.7 Å². The van der Waals surface area contributed by atoms with Crippen molar-refractivity contribution in [1.82, 2.24) is 4.98 Å². The van der Waals surface area contributed by atoms with Gasteiger partial charge in [-0.2, -0.15) is 0 Å². The number of nitrogens with zero attached hydrogens (tertiary/aromatic N) is 1. The van der Waals surface area contributed by atoms with Crippen LogP contribution in [-0.2, 0) is 10.0 Å². The van der Waals surface area contributed by atoms with Gasteiger partial charge in [-0.3, -0.25) is 4.98 Å². The van der Waals surface area contributed by atoms with Crippen molar-refractivity contribution in [3.63, 3.8) is 0 Å². The van der Waals surface area contributed by atoms with Gasteiger partial charge in [0.2, 0.25) is 10.0 Å². The number of aromatic nitrogens is 1. The van der Waals surface area contributed by atoms with E-state index in [2.05, 4.69) is 4.98 Å². The molecule has 0 fully saturated rings. The highest BCUT2D eigenvalue weighted by Crippen LogP contribution is 2.22. The lowest BCUT2D eigenvalue weighted by Gasteiger charge is -2.03. The van der Waals surface area contributed by atoms with Gasteiger partial charge >= 0.3 is 0 Å². The van der Waals surface area contributed by atoms with E-state index in [4.69, 9.17) is 5.14 Å². The lowest BCUT2D eigenvalue weighted by Crippen LogP contribution is -2.14. The van der Waals surface area contributed by atoms with Crippen LogP contribution in [0.1, 0.15) is 12.1 Å². The zero-order chi connectivity index (χ0) is 10.9. The fraction of sp³-hybridized carbons (Fsp3) is 0.167. The predicted octanol–water partition coefficient (Wildman–Crippen LogP) is 1.27. The lowest BCUT2D eigenvalue weighted by atomic mass is 10.4. The molecule has 78 valence electrons. The van der Waals surface area contributed by atoms with Crippen LogP contribution in [0.4, 0.5) is 8.78 Å². The van der Waals surface area contributed by atoms with Crippen LogP contribution in [0.3, 0.4) is 0 Å². The van der Waals surface area contributed by atoms with Gasteiger partial charge in [0.1, 0.15) is 10.6 Å². The highest BCUT2D eigenvalue weighted by molar-refractivity contribution is 14.1. The number of nitrogens with two attached hydrogens (primary N) is 1. The van der Waals surface area contributed by atoms with Crippen molar-refractivity contribution < 1.29 is 17.2 Å². The van der Waals surface area contributed by atoms with Crippen LogP contribution >= 0.6 is 22.6 Å². The Morgan fingerprint density at radius 3 is 2.43 bits per heavy atom. The molecule has 0 amide bonds. The first-order valence-electron chi connectivity index (χ1n) is 3.29. The van der Waals surface area contributed by atoms with Gasteiger partial charge in [0, 0.05) is 9.77 Å². The first kappa shape index (κ1) is 11.7. The number of sulfonamides is 1. The Morgan fingerprint density at radius 1 is 1.50 bits per heavy atom. The second-order valence-electron chi connectivity index (χ2n) is 2.39. The third-order valence-electron chi connectivity index (χ3n) is 1.37. The zero-order valence-electron chi connectivity index (χ0n) is 6.62. The molecule has 14 heavy (non-hydrogen) atoms. The SMILES string of the molecule is NS(=O)(=O)c1cnc(C(F)F)cc1I. The summed E-state index contributed by atoms with van der Waals surface area (Å²) in [6, 6.07) is 0.991. The molecule has 1 aromatic heterocycles. The van der Waals surface area contributed by atoms with E-state index < -0.39 is 22.1 Å². The van der Waals surface area contributed by atoms with E-state index in [0.717, 1.165) is 12.3 Å². The molecule has 0 aromatic carbocycles. The molecule has 2 N–H and O–H groups in total. The van der Waals surface area contributed by atoms with E-state index in [0.29, 0.717) is 0 Å². The quantitative estimate of drug-likeness (QED) is 0.828. The minimum Gasteiger partial charge on any atom is -0.254 e. The Hall–Kier alpha value is -0.350. The van der Waals surface area contributed by atoms with Crippen molar-refractivity contribution >= 4 is 32.6 Å². The van der Waals surface area contributed by atoms with Gasteiger partial charge in [-0.25, -0.2) is 22.3 Å². The molecule has 0 bridgehead atoms. The third-order valence-corrected chi connectivity index (χ3v) is 3.57. The van der Waals surface area contributed by atoms with Crippen LogP contribution in [-0.4, -0.2) is 13.4 Å². The average Bonchev–Trinajstić information content (AvgIpc) is 2.01. The van der Waals surface area contributed by atoms with Gasteiger partial charge in [0.15, 0.2) is 0 Å². The number of rotatable bonds is 2. The van der Waals surface area contributed by atoms with Crippen molar-refractivity contribution in [2.24, 2.45) is 5.14 Å². The van der Waals surface area contributed by atoms with Gasteiger partial charge in [-0.15, -0.1) is 0 Å². The minimum atomic E-state index is -3.89. The van der Waals surface area contributed by atoms with Crippen LogP contribution in [0.15, 0.2) is 17.2 Å². The third kappa shape index (κ3) is 2.58. The topological polar surface area (TPSA) is 73.1 Å². The Kier molecular flexibility index (Phi) is 3.37. The number of halogens is 3. The van der Waals surface area contributed by atoms with Crippen LogP contribution in [0.5, 0.6) is 0 Å². The molecular formula is C6H5F2IN2O2S. The summed E-state index contributed by atoms with van der Waals surface area (Å²) in [5.41, 5.74) is -0.471. The molecule has 0 aliphatic carbocycles. The number of alkyl halides is 2. The van der Waals surface area contributed by atoms with Crippen LogP contribution in [0.2, 0.25) is 0 Å². The Labute approximate surface area is 92.7 Å². The number of pyridine rings is 1. The van der Waals surface area contributed by atoms with Crippen molar-refractivity contribution in [2.45, 2.75) is 11.3 Å². The Balaban J connectivity index is 3.28. The van der Waals surface area contributed by atoms with E-state index in [1.165, 1.54) is 0 Å². The van der Waals surface area contributed by atoms with E-state index in [-0.39, 0.29) is 8.47 Å². The Morgan fingerprint density at radius 2 is 2.07 bits per heavy atom. The lowest BCUT2D eigenvalue weighted by molar-refractivity contribution is 0.146. The normalized spacial score (nSPS) is 12.1. The second-order valence-corrected chi connectivity index (χ2v) is 5.08. The summed E-state index contributed by atoms with van der Waals surface area (Å²) in [5, 5.41) is 4.82. The highest BCUT2D eigenvalue weighted by atomic mass is 127. The van der Waals surface area contributed by atoms with Gasteiger partial charge in [0.05, 0.1) is 0 Å². The molecule has 0 atom stereocenters. The van der Waals surface area contributed by atoms with E-state index in [1.807, 2.05) is 0 Å². The summed E-state index contributed by atoms with van der Waals surface area (Å²) in [7, 11) is -3.89.